The number of ether oxygens (including phenoxy) is 1. The second-order valence-corrected chi connectivity index (χ2v) is 7.52. The van der Waals surface area contributed by atoms with Gasteiger partial charge in [0, 0.05) is 23.5 Å². The normalized spacial score (nSPS) is 10.9. The molecule has 1 heterocycles. The summed E-state index contributed by atoms with van der Waals surface area (Å²) in [6.07, 6.45) is 2.11. The molecule has 0 fully saturated rings. The van der Waals surface area contributed by atoms with E-state index >= 15 is 0 Å². The first-order valence-corrected chi connectivity index (χ1v) is 9.91. The first-order valence-electron chi connectivity index (χ1n) is 9.91. The lowest BCUT2D eigenvalue weighted by atomic mass is 10.1. The quantitative estimate of drug-likeness (QED) is 0.516. The Morgan fingerprint density at radius 3 is 2.46 bits per heavy atom. The van der Waals surface area contributed by atoms with Gasteiger partial charge in [0.05, 0.1) is 24.3 Å². The molecule has 152 valence electrons. The van der Waals surface area contributed by atoms with Crippen molar-refractivity contribution in [2.45, 2.75) is 60.4 Å². The second-order valence-electron chi connectivity index (χ2n) is 7.52. The van der Waals surface area contributed by atoms with Crippen molar-refractivity contribution in [3.05, 3.63) is 46.8 Å². The maximum Gasteiger partial charge on any atom is 0.338 e. The summed E-state index contributed by atoms with van der Waals surface area (Å²) >= 11 is 0. The molecule has 1 N–H and O–H groups in total. The monoisotopic (exact) mass is 385 g/mol. The molecule has 0 saturated carbocycles. The number of benzene rings is 1. The molecule has 0 aliphatic carbocycles. The van der Waals surface area contributed by atoms with Crippen LogP contribution in [-0.4, -0.2) is 28.3 Å². The van der Waals surface area contributed by atoms with Crippen LogP contribution in [0.2, 0.25) is 0 Å². The summed E-state index contributed by atoms with van der Waals surface area (Å²) in [5.74, 6) is 0.0514. The molecule has 0 saturated heterocycles. The highest BCUT2D eigenvalue weighted by Crippen LogP contribution is 2.17. The van der Waals surface area contributed by atoms with Gasteiger partial charge in [0.25, 0.3) is 0 Å². The zero-order chi connectivity index (χ0) is 20.7. The van der Waals surface area contributed by atoms with Crippen LogP contribution in [0.3, 0.4) is 0 Å². The summed E-state index contributed by atoms with van der Waals surface area (Å²) < 4.78 is 7.16. The molecule has 2 rings (SSSR count). The third kappa shape index (κ3) is 5.94. The molecule has 1 aromatic heterocycles. The number of amides is 1. The van der Waals surface area contributed by atoms with E-state index in [1.165, 1.54) is 0 Å². The Morgan fingerprint density at radius 2 is 1.86 bits per heavy atom. The highest BCUT2D eigenvalue weighted by Gasteiger charge is 2.16. The fourth-order valence-corrected chi connectivity index (χ4v) is 2.96. The molecule has 1 amide bonds. The molecule has 0 aliphatic rings. The number of esters is 1. The number of aromatic nitrogens is 2. The van der Waals surface area contributed by atoms with Crippen molar-refractivity contribution in [1.82, 2.24) is 9.78 Å². The minimum absolute atomic E-state index is 0.103. The zero-order valence-corrected chi connectivity index (χ0v) is 17.5. The Morgan fingerprint density at radius 1 is 1.18 bits per heavy atom. The average molecular weight is 386 g/mol. The number of rotatable bonds is 9. The summed E-state index contributed by atoms with van der Waals surface area (Å²) in [6.45, 7) is 11.5. The van der Waals surface area contributed by atoms with E-state index in [1.54, 1.807) is 24.3 Å². The van der Waals surface area contributed by atoms with Crippen LogP contribution in [0.4, 0.5) is 5.69 Å². The van der Waals surface area contributed by atoms with E-state index in [0.29, 0.717) is 23.8 Å². The number of nitrogens with one attached hydrogen (secondary N) is 1. The number of unbranched alkanes of at least 4 members (excludes halogenated alkanes) is 1. The Labute approximate surface area is 167 Å². The van der Waals surface area contributed by atoms with E-state index in [4.69, 9.17) is 4.74 Å². The first-order chi connectivity index (χ1) is 13.3. The summed E-state index contributed by atoms with van der Waals surface area (Å²) in [6, 6.07) is 6.77. The lowest BCUT2D eigenvalue weighted by Gasteiger charge is -2.09. The number of hydrogen-bond donors (Lipinski definition) is 1. The maximum atomic E-state index is 12.5. The van der Waals surface area contributed by atoms with Gasteiger partial charge in [-0.05, 0) is 50.5 Å². The molecule has 28 heavy (non-hydrogen) atoms. The van der Waals surface area contributed by atoms with E-state index in [-0.39, 0.29) is 18.3 Å². The summed E-state index contributed by atoms with van der Waals surface area (Å²) in [5.41, 5.74) is 4.02. The van der Waals surface area contributed by atoms with Crippen LogP contribution in [0.25, 0.3) is 0 Å². The smallest absolute Gasteiger partial charge is 0.338 e. The van der Waals surface area contributed by atoms with Crippen molar-refractivity contribution in [2.75, 3.05) is 11.9 Å². The van der Waals surface area contributed by atoms with E-state index in [2.05, 4.69) is 24.3 Å². The fraction of sp³-hybridized carbons (Fsp3) is 0.500. The van der Waals surface area contributed by atoms with Gasteiger partial charge >= 0.3 is 5.97 Å². The number of nitrogens with zero attached hydrogens (tertiary/aromatic N) is 2. The molecular formula is C22H31N3O3. The molecule has 0 radical (unpaired) electrons. The van der Waals surface area contributed by atoms with Crippen molar-refractivity contribution in [1.29, 1.82) is 0 Å². The lowest BCUT2D eigenvalue weighted by Crippen LogP contribution is -2.16. The van der Waals surface area contributed by atoms with E-state index < -0.39 is 0 Å². The standard InChI is InChI=1S/C22H31N3O3/c1-6-7-12-28-22(27)18-8-10-19(11-9-18)23-21(26)13-20-16(4)24-25(17(20)5)14-15(2)3/h8-11,15H,6-7,12-14H2,1-5H3,(H,23,26). The molecular weight excluding hydrogens is 354 g/mol. The van der Waals surface area contributed by atoms with Gasteiger partial charge in [-0.3, -0.25) is 9.48 Å². The third-order valence-corrected chi connectivity index (χ3v) is 4.54. The van der Waals surface area contributed by atoms with Gasteiger partial charge in [-0.1, -0.05) is 27.2 Å². The SMILES string of the molecule is CCCCOC(=O)c1ccc(NC(=O)Cc2c(C)nn(CC(C)C)c2C)cc1. The molecule has 0 atom stereocenters. The minimum atomic E-state index is -0.338. The molecule has 6 nitrogen and oxygen atoms in total. The van der Waals surface area contributed by atoms with Crippen LogP contribution in [0.1, 0.15) is 60.9 Å². The first kappa shape index (κ1) is 21.7. The Kier molecular flexibility index (Phi) is 7.79. The van der Waals surface area contributed by atoms with Gasteiger partial charge in [-0.15, -0.1) is 0 Å². The number of anilines is 1. The summed E-state index contributed by atoms with van der Waals surface area (Å²) in [7, 11) is 0. The van der Waals surface area contributed by atoms with Crippen molar-refractivity contribution in [3.63, 3.8) is 0 Å². The van der Waals surface area contributed by atoms with Gasteiger partial charge in [-0.2, -0.15) is 5.10 Å². The minimum Gasteiger partial charge on any atom is -0.462 e. The summed E-state index contributed by atoms with van der Waals surface area (Å²) in [5, 5.41) is 7.44. The van der Waals surface area contributed by atoms with Gasteiger partial charge in [0.1, 0.15) is 0 Å². The fourth-order valence-electron chi connectivity index (χ4n) is 2.96. The Hall–Kier alpha value is -2.63. The number of carbonyl (C=O) groups excluding carboxylic acids is 2. The number of aryl methyl sites for hydroxylation is 1. The van der Waals surface area contributed by atoms with Crippen LogP contribution < -0.4 is 5.32 Å². The highest BCUT2D eigenvalue weighted by molar-refractivity contribution is 5.94. The highest BCUT2D eigenvalue weighted by atomic mass is 16.5. The van der Waals surface area contributed by atoms with Crippen molar-refractivity contribution in [3.8, 4) is 0 Å². The molecule has 6 heteroatoms. The Bertz CT molecular complexity index is 807. The largest absolute Gasteiger partial charge is 0.462 e. The number of carbonyl (C=O) groups is 2. The molecule has 0 spiro atoms. The molecule has 0 unspecified atom stereocenters. The molecule has 1 aromatic carbocycles. The average Bonchev–Trinajstić information content (AvgIpc) is 2.89. The van der Waals surface area contributed by atoms with Gasteiger partial charge in [-0.25, -0.2) is 4.79 Å². The maximum absolute atomic E-state index is 12.5. The van der Waals surface area contributed by atoms with Crippen LogP contribution in [0.15, 0.2) is 24.3 Å². The van der Waals surface area contributed by atoms with Gasteiger partial charge in [0.2, 0.25) is 5.91 Å². The molecule has 0 bridgehead atoms. The van der Waals surface area contributed by atoms with Crippen LogP contribution >= 0.6 is 0 Å². The zero-order valence-electron chi connectivity index (χ0n) is 17.5. The van der Waals surface area contributed by atoms with E-state index in [9.17, 15) is 9.59 Å². The number of hydrogen-bond acceptors (Lipinski definition) is 4. The van der Waals surface area contributed by atoms with Crippen LogP contribution in [0, 0.1) is 19.8 Å². The van der Waals surface area contributed by atoms with Crippen molar-refractivity contribution >= 4 is 17.6 Å². The predicted octanol–water partition coefficient (Wildman–Crippen LogP) is 4.29. The van der Waals surface area contributed by atoms with E-state index in [1.807, 2.05) is 25.5 Å². The lowest BCUT2D eigenvalue weighted by molar-refractivity contribution is -0.115. The third-order valence-electron chi connectivity index (χ3n) is 4.54. The van der Waals surface area contributed by atoms with Crippen molar-refractivity contribution in [2.24, 2.45) is 5.92 Å². The van der Waals surface area contributed by atoms with Gasteiger partial charge in [0.15, 0.2) is 0 Å². The second kappa shape index (κ2) is 10.1. The molecule has 2 aromatic rings. The van der Waals surface area contributed by atoms with Crippen molar-refractivity contribution < 1.29 is 14.3 Å². The Balaban J connectivity index is 1.96. The molecule has 0 aliphatic heterocycles. The van der Waals surface area contributed by atoms with E-state index in [0.717, 1.165) is 36.3 Å². The predicted molar refractivity (Wildman–Crippen MR) is 111 cm³/mol. The van der Waals surface area contributed by atoms with Crippen LogP contribution in [0.5, 0.6) is 0 Å². The topological polar surface area (TPSA) is 73.2 Å². The van der Waals surface area contributed by atoms with Crippen LogP contribution in [-0.2, 0) is 22.5 Å². The van der Waals surface area contributed by atoms with Gasteiger partial charge < -0.3 is 10.1 Å². The summed E-state index contributed by atoms with van der Waals surface area (Å²) in [4.78, 5) is 24.4.